The van der Waals surface area contributed by atoms with E-state index < -0.39 is 10.0 Å². The Morgan fingerprint density at radius 1 is 1.21 bits per heavy atom. The highest BCUT2D eigenvalue weighted by atomic mass is 32.2. The highest BCUT2D eigenvalue weighted by molar-refractivity contribution is 7.89. The zero-order chi connectivity index (χ0) is 17.5. The minimum absolute atomic E-state index is 0.196. The summed E-state index contributed by atoms with van der Waals surface area (Å²) in [6.07, 6.45) is 3.86. The molecule has 0 spiro atoms. The van der Waals surface area contributed by atoms with Gasteiger partial charge in [0.1, 0.15) is 10.6 Å². The summed E-state index contributed by atoms with van der Waals surface area (Å²) in [5.74, 6) is 0.338. The van der Waals surface area contributed by atoms with E-state index >= 15 is 0 Å². The van der Waals surface area contributed by atoms with Gasteiger partial charge in [0, 0.05) is 45.6 Å². The zero-order valence-corrected chi connectivity index (χ0v) is 15.6. The molecule has 3 rings (SSSR count). The number of hydrogen-bond donors (Lipinski definition) is 0. The first-order valence-electron chi connectivity index (χ1n) is 7.68. The second kappa shape index (κ2) is 6.43. The molecule has 3 heterocycles. The molecule has 0 saturated carbocycles. The molecule has 0 unspecified atom stereocenters. The highest BCUT2D eigenvalue weighted by Gasteiger charge is 2.33. The van der Waals surface area contributed by atoms with Gasteiger partial charge in [-0.1, -0.05) is 5.16 Å². The van der Waals surface area contributed by atoms with Gasteiger partial charge in [0.2, 0.25) is 10.0 Å². The van der Waals surface area contributed by atoms with E-state index in [0.717, 1.165) is 4.77 Å². The zero-order valence-electron chi connectivity index (χ0n) is 14.0. The van der Waals surface area contributed by atoms with Crippen LogP contribution in [0.4, 0.5) is 0 Å². The van der Waals surface area contributed by atoms with Crippen LogP contribution in [0.2, 0.25) is 0 Å². The summed E-state index contributed by atoms with van der Waals surface area (Å²) in [6.45, 7) is 6.12. The van der Waals surface area contributed by atoms with Gasteiger partial charge in [-0.3, -0.25) is 4.90 Å². The van der Waals surface area contributed by atoms with Crippen LogP contribution in [0.25, 0.3) is 0 Å². The predicted molar refractivity (Wildman–Crippen MR) is 90.5 cm³/mol. The van der Waals surface area contributed by atoms with E-state index in [1.165, 1.54) is 4.31 Å². The smallest absolute Gasteiger partial charge is 0.248 e. The van der Waals surface area contributed by atoms with E-state index in [1.54, 1.807) is 13.8 Å². The third-order valence-electron chi connectivity index (χ3n) is 4.27. The lowest BCUT2D eigenvalue weighted by atomic mass is 10.4. The van der Waals surface area contributed by atoms with Gasteiger partial charge < -0.3 is 13.7 Å². The van der Waals surface area contributed by atoms with Crippen molar-refractivity contribution in [2.24, 2.45) is 7.05 Å². The standard InChI is InChI=1S/C14H21N5O3S2/c1-11-13(12(2)22-15-11)24(20,21)19-8-5-17(6-9-19)10-18-7-4-16(3)14(18)23/h4,7H,5-6,8-10H2,1-3H3. The molecule has 2 aromatic rings. The van der Waals surface area contributed by atoms with Crippen molar-refractivity contribution in [3.63, 3.8) is 0 Å². The van der Waals surface area contributed by atoms with Crippen LogP contribution in [-0.4, -0.2) is 58.1 Å². The second-order valence-corrected chi connectivity index (χ2v) is 8.22. The first-order valence-corrected chi connectivity index (χ1v) is 9.52. The summed E-state index contributed by atoms with van der Waals surface area (Å²) in [5, 5.41) is 3.75. The largest absolute Gasteiger partial charge is 0.360 e. The molecule has 0 amide bonds. The molecular formula is C14H21N5O3S2. The lowest BCUT2D eigenvalue weighted by Crippen LogP contribution is -2.48. The highest BCUT2D eigenvalue weighted by Crippen LogP contribution is 2.24. The Balaban J connectivity index is 1.69. The average Bonchev–Trinajstić information content (AvgIpc) is 3.04. The molecule has 10 heteroatoms. The molecular weight excluding hydrogens is 350 g/mol. The van der Waals surface area contributed by atoms with E-state index in [2.05, 4.69) is 10.1 Å². The normalized spacial score (nSPS) is 17.5. The van der Waals surface area contributed by atoms with Crippen molar-refractivity contribution in [1.29, 1.82) is 0 Å². The Kier molecular flexibility index (Phi) is 4.65. The molecule has 0 N–H and O–H groups in total. The Morgan fingerprint density at radius 3 is 2.38 bits per heavy atom. The Bertz CT molecular complexity index is 868. The van der Waals surface area contributed by atoms with E-state index in [-0.39, 0.29) is 4.90 Å². The van der Waals surface area contributed by atoms with Crippen LogP contribution in [0.1, 0.15) is 11.5 Å². The molecule has 132 valence electrons. The van der Waals surface area contributed by atoms with Crippen LogP contribution in [-0.2, 0) is 23.7 Å². The summed E-state index contributed by atoms with van der Waals surface area (Å²) in [5.41, 5.74) is 0.408. The Labute approximate surface area is 146 Å². The molecule has 8 nitrogen and oxygen atoms in total. The Hall–Kier alpha value is -1.49. The number of rotatable bonds is 4. The Morgan fingerprint density at radius 2 is 1.88 bits per heavy atom. The van der Waals surface area contributed by atoms with Crippen molar-refractivity contribution in [3.05, 3.63) is 28.6 Å². The second-order valence-electron chi connectivity index (χ2n) is 5.98. The number of aryl methyl sites for hydroxylation is 3. The fraction of sp³-hybridized carbons (Fsp3) is 0.571. The monoisotopic (exact) mass is 371 g/mol. The van der Waals surface area contributed by atoms with Gasteiger partial charge in [-0.15, -0.1) is 0 Å². The van der Waals surface area contributed by atoms with Crippen LogP contribution in [0.5, 0.6) is 0 Å². The van der Waals surface area contributed by atoms with Crippen molar-refractivity contribution < 1.29 is 12.9 Å². The maximum absolute atomic E-state index is 12.8. The number of sulfonamides is 1. The van der Waals surface area contributed by atoms with Crippen LogP contribution in [0, 0.1) is 18.6 Å². The van der Waals surface area contributed by atoms with Gasteiger partial charge >= 0.3 is 0 Å². The van der Waals surface area contributed by atoms with Gasteiger partial charge in [-0.25, -0.2) is 8.42 Å². The minimum Gasteiger partial charge on any atom is -0.360 e. The summed E-state index contributed by atoms with van der Waals surface area (Å²) < 4.78 is 36.7. The lowest BCUT2D eigenvalue weighted by Gasteiger charge is -2.33. The average molecular weight is 371 g/mol. The third-order valence-corrected chi connectivity index (χ3v) is 6.93. The number of piperazine rings is 1. The van der Waals surface area contributed by atoms with Crippen molar-refractivity contribution >= 4 is 22.2 Å². The summed E-state index contributed by atoms with van der Waals surface area (Å²) in [6, 6.07) is 0. The van der Waals surface area contributed by atoms with Gasteiger partial charge in [0.05, 0.1) is 6.67 Å². The van der Waals surface area contributed by atoms with Gasteiger partial charge in [-0.05, 0) is 26.1 Å². The van der Waals surface area contributed by atoms with Gasteiger partial charge in [0.15, 0.2) is 10.5 Å². The van der Waals surface area contributed by atoms with Crippen molar-refractivity contribution in [3.8, 4) is 0 Å². The van der Waals surface area contributed by atoms with E-state index in [4.69, 9.17) is 16.7 Å². The number of hydrogen-bond acceptors (Lipinski definition) is 6. The van der Waals surface area contributed by atoms with Crippen LogP contribution < -0.4 is 0 Å². The fourth-order valence-electron chi connectivity index (χ4n) is 2.92. The molecule has 2 aromatic heterocycles. The number of nitrogens with zero attached hydrogens (tertiary/aromatic N) is 5. The third kappa shape index (κ3) is 3.06. The number of aromatic nitrogens is 3. The minimum atomic E-state index is -3.56. The quantitative estimate of drug-likeness (QED) is 0.750. The summed E-state index contributed by atoms with van der Waals surface area (Å²) in [4.78, 5) is 2.39. The predicted octanol–water partition coefficient (Wildman–Crippen LogP) is 1.12. The topological polar surface area (TPSA) is 76.5 Å². The fourth-order valence-corrected chi connectivity index (χ4v) is 4.81. The molecule has 1 aliphatic rings. The molecule has 1 saturated heterocycles. The maximum atomic E-state index is 12.8. The molecule has 1 aliphatic heterocycles. The van der Waals surface area contributed by atoms with E-state index in [0.29, 0.717) is 44.3 Å². The first-order chi connectivity index (χ1) is 11.3. The first kappa shape index (κ1) is 17.3. The SMILES string of the molecule is Cc1noc(C)c1S(=O)(=O)N1CCN(Cn2ccn(C)c2=S)CC1. The summed E-state index contributed by atoms with van der Waals surface area (Å²) in [7, 11) is -1.65. The molecule has 0 bridgehead atoms. The van der Waals surface area contributed by atoms with Crippen molar-refractivity contribution in [2.75, 3.05) is 26.2 Å². The molecule has 0 aromatic carbocycles. The number of imidazole rings is 1. The van der Waals surface area contributed by atoms with Crippen LogP contribution in [0.15, 0.2) is 21.8 Å². The van der Waals surface area contributed by atoms with E-state index in [9.17, 15) is 8.42 Å². The van der Waals surface area contributed by atoms with Gasteiger partial charge in [-0.2, -0.15) is 4.31 Å². The van der Waals surface area contributed by atoms with Crippen LogP contribution >= 0.6 is 12.2 Å². The van der Waals surface area contributed by atoms with Gasteiger partial charge in [0.25, 0.3) is 0 Å². The van der Waals surface area contributed by atoms with Crippen LogP contribution in [0.3, 0.4) is 0 Å². The molecule has 0 atom stereocenters. The summed E-state index contributed by atoms with van der Waals surface area (Å²) >= 11 is 5.34. The molecule has 0 aliphatic carbocycles. The maximum Gasteiger partial charge on any atom is 0.248 e. The van der Waals surface area contributed by atoms with Crippen molar-refractivity contribution in [1.82, 2.24) is 23.5 Å². The lowest BCUT2D eigenvalue weighted by molar-refractivity contribution is 0.151. The van der Waals surface area contributed by atoms with E-state index in [1.807, 2.05) is 28.6 Å². The molecule has 0 radical (unpaired) electrons. The molecule has 24 heavy (non-hydrogen) atoms. The molecule has 1 fully saturated rings. The van der Waals surface area contributed by atoms with Crippen molar-refractivity contribution in [2.45, 2.75) is 25.4 Å².